The van der Waals surface area contributed by atoms with Gasteiger partial charge in [-0.25, -0.2) is 0 Å². The van der Waals surface area contributed by atoms with E-state index in [4.69, 9.17) is 4.74 Å². The summed E-state index contributed by atoms with van der Waals surface area (Å²) in [5.41, 5.74) is 1.06. The van der Waals surface area contributed by atoms with Crippen molar-refractivity contribution >= 4 is 22.8 Å². The topological polar surface area (TPSA) is 91.4 Å². The molecule has 2 unspecified atom stereocenters. The Kier molecular flexibility index (Phi) is 4.70. The van der Waals surface area contributed by atoms with E-state index < -0.39 is 17.4 Å². The number of rotatable bonds is 5. The van der Waals surface area contributed by atoms with E-state index in [0.29, 0.717) is 18.6 Å². The van der Waals surface area contributed by atoms with Crippen molar-refractivity contribution in [3.8, 4) is 5.75 Å². The summed E-state index contributed by atoms with van der Waals surface area (Å²) in [6.45, 7) is 1.85. The zero-order valence-corrected chi connectivity index (χ0v) is 14.6. The summed E-state index contributed by atoms with van der Waals surface area (Å²) in [6.07, 6.45) is 5.11. The largest absolute Gasteiger partial charge is 0.496 e. The van der Waals surface area contributed by atoms with Crippen LogP contribution < -0.4 is 10.1 Å². The van der Waals surface area contributed by atoms with E-state index in [2.05, 4.69) is 10.3 Å². The Morgan fingerprint density at radius 1 is 1.40 bits per heavy atom. The van der Waals surface area contributed by atoms with E-state index in [9.17, 15) is 14.7 Å². The smallest absolute Gasteiger partial charge is 0.308 e. The van der Waals surface area contributed by atoms with Gasteiger partial charge in [-0.1, -0.05) is 18.9 Å². The molecule has 1 saturated carbocycles. The van der Waals surface area contributed by atoms with Crippen LogP contribution in [0.3, 0.4) is 0 Å². The summed E-state index contributed by atoms with van der Waals surface area (Å²) in [5, 5.41) is 13.4. The molecule has 2 atom stereocenters. The standard InChI is InChI=1S/C19H24N2O4/c1-19(9-4-3-6-13(19)18(23)24)21-16(22)10-12-11-20-14-7-5-8-15(25-2)17(12)14/h5,7-8,11,13,20H,3-4,6,9-10H2,1-2H3,(H,21,22)(H,23,24). The number of carboxylic acid groups (broad SMARTS) is 1. The lowest BCUT2D eigenvalue weighted by molar-refractivity contribution is -0.146. The normalized spacial score (nSPS) is 23.4. The van der Waals surface area contributed by atoms with E-state index in [0.717, 1.165) is 29.3 Å². The van der Waals surface area contributed by atoms with E-state index >= 15 is 0 Å². The third-order valence-electron chi connectivity index (χ3n) is 5.25. The van der Waals surface area contributed by atoms with Crippen LogP contribution in [0.15, 0.2) is 24.4 Å². The number of benzene rings is 1. The summed E-state index contributed by atoms with van der Waals surface area (Å²) >= 11 is 0. The maximum atomic E-state index is 12.6. The van der Waals surface area contributed by atoms with Crippen LogP contribution in [0.25, 0.3) is 10.9 Å². The molecule has 6 heteroatoms. The fraction of sp³-hybridized carbons (Fsp3) is 0.474. The molecule has 3 rings (SSSR count). The second kappa shape index (κ2) is 6.78. The van der Waals surface area contributed by atoms with E-state index in [1.807, 2.05) is 31.3 Å². The maximum Gasteiger partial charge on any atom is 0.308 e. The first kappa shape index (κ1) is 17.3. The van der Waals surface area contributed by atoms with Crippen LogP contribution in [0, 0.1) is 5.92 Å². The Bertz CT molecular complexity index is 798. The molecule has 134 valence electrons. The highest BCUT2D eigenvalue weighted by Gasteiger charge is 2.42. The Balaban J connectivity index is 1.80. The van der Waals surface area contributed by atoms with Gasteiger partial charge in [0.25, 0.3) is 0 Å². The molecule has 25 heavy (non-hydrogen) atoms. The first-order valence-corrected chi connectivity index (χ1v) is 8.61. The second-order valence-electron chi connectivity index (χ2n) is 6.98. The van der Waals surface area contributed by atoms with Gasteiger partial charge in [0, 0.05) is 17.1 Å². The van der Waals surface area contributed by atoms with Crippen molar-refractivity contribution in [3.05, 3.63) is 30.0 Å². The van der Waals surface area contributed by atoms with Crippen molar-refractivity contribution in [2.75, 3.05) is 7.11 Å². The molecule has 6 nitrogen and oxygen atoms in total. The average Bonchev–Trinajstić information content (AvgIpc) is 2.97. The number of aromatic nitrogens is 1. The number of aliphatic carboxylic acids is 1. The molecule has 2 aromatic rings. The van der Waals surface area contributed by atoms with Gasteiger partial charge in [0.15, 0.2) is 0 Å². The van der Waals surface area contributed by atoms with Gasteiger partial charge in [0.1, 0.15) is 5.75 Å². The first-order valence-electron chi connectivity index (χ1n) is 8.61. The van der Waals surface area contributed by atoms with E-state index in [1.165, 1.54) is 0 Å². The zero-order chi connectivity index (χ0) is 18.0. The summed E-state index contributed by atoms with van der Waals surface area (Å²) in [7, 11) is 1.60. The maximum absolute atomic E-state index is 12.6. The van der Waals surface area contributed by atoms with Gasteiger partial charge >= 0.3 is 5.97 Å². The van der Waals surface area contributed by atoms with Crippen LogP contribution in [0.5, 0.6) is 5.75 Å². The SMILES string of the molecule is COc1cccc2[nH]cc(CC(=O)NC3(C)CCCCC3C(=O)O)c12. The fourth-order valence-corrected chi connectivity index (χ4v) is 3.94. The van der Waals surface area contributed by atoms with Gasteiger partial charge < -0.3 is 20.1 Å². The number of amides is 1. The lowest BCUT2D eigenvalue weighted by Gasteiger charge is -2.39. The molecule has 0 saturated heterocycles. The molecule has 0 spiro atoms. The van der Waals surface area contributed by atoms with Crippen LogP contribution in [-0.4, -0.2) is 34.6 Å². The quantitative estimate of drug-likeness (QED) is 0.778. The average molecular weight is 344 g/mol. The minimum Gasteiger partial charge on any atom is -0.496 e. The molecule has 1 heterocycles. The number of methoxy groups -OCH3 is 1. The number of ether oxygens (including phenoxy) is 1. The molecule has 1 aliphatic rings. The molecule has 1 aromatic carbocycles. The predicted molar refractivity (Wildman–Crippen MR) is 94.7 cm³/mol. The summed E-state index contributed by atoms with van der Waals surface area (Å²) < 4.78 is 5.40. The molecule has 0 radical (unpaired) electrons. The van der Waals surface area contributed by atoms with Crippen molar-refractivity contribution < 1.29 is 19.4 Å². The molecule has 3 N–H and O–H groups in total. The molecular formula is C19H24N2O4. The van der Waals surface area contributed by atoms with Gasteiger partial charge in [-0.15, -0.1) is 0 Å². The summed E-state index contributed by atoms with van der Waals surface area (Å²) in [5.74, 6) is -0.824. The van der Waals surface area contributed by atoms with Gasteiger partial charge in [-0.2, -0.15) is 0 Å². The number of carbonyl (C=O) groups excluding carboxylic acids is 1. The van der Waals surface area contributed by atoms with Crippen molar-refractivity contribution in [1.29, 1.82) is 0 Å². The minimum absolute atomic E-state index is 0.164. The van der Waals surface area contributed by atoms with Gasteiger partial charge in [-0.3, -0.25) is 9.59 Å². The summed E-state index contributed by atoms with van der Waals surface area (Å²) in [6, 6.07) is 5.69. The number of hydrogen-bond acceptors (Lipinski definition) is 3. The molecular weight excluding hydrogens is 320 g/mol. The van der Waals surface area contributed by atoms with Gasteiger partial charge in [0.2, 0.25) is 5.91 Å². The fourth-order valence-electron chi connectivity index (χ4n) is 3.94. The van der Waals surface area contributed by atoms with Crippen LogP contribution in [-0.2, 0) is 16.0 Å². The molecule has 1 aliphatic carbocycles. The van der Waals surface area contributed by atoms with Crippen molar-refractivity contribution in [1.82, 2.24) is 10.3 Å². The van der Waals surface area contributed by atoms with E-state index in [-0.39, 0.29) is 12.3 Å². The van der Waals surface area contributed by atoms with Crippen molar-refractivity contribution in [2.45, 2.75) is 44.6 Å². The minimum atomic E-state index is -0.837. The van der Waals surface area contributed by atoms with Gasteiger partial charge in [0.05, 0.1) is 25.0 Å². The highest BCUT2D eigenvalue weighted by atomic mass is 16.5. The lowest BCUT2D eigenvalue weighted by Crippen LogP contribution is -2.55. The Hall–Kier alpha value is -2.50. The predicted octanol–water partition coefficient (Wildman–Crippen LogP) is 2.87. The Morgan fingerprint density at radius 2 is 2.20 bits per heavy atom. The number of fused-ring (bicyclic) bond motifs is 1. The van der Waals surface area contributed by atoms with Crippen LogP contribution in [0.2, 0.25) is 0 Å². The third kappa shape index (κ3) is 3.34. The number of carbonyl (C=O) groups is 2. The lowest BCUT2D eigenvalue weighted by atomic mass is 9.74. The van der Waals surface area contributed by atoms with E-state index in [1.54, 1.807) is 7.11 Å². The first-order chi connectivity index (χ1) is 11.9. The number of nitrogens with one attached hydrogen (secondary N) is 2. The van der Waals surface area contributed by atoms with Crippen molar-refractivity contribution in [2.24, 2.45) is 5.92 Å². The Labute approximate surface area is 146 Å². The number of carboxylic acids is 1. The molecule has 1 amide bonds. The summed E-state index contributed by atoms with van der Waals surface area (Å²) in [4.78, 5) is 27.3. The monoisotopic (exact) mass is 344 g/mol. The van der Waals surface area contributed by atoms with Crippen LogP contribution in [0.1, 0.15) is 38.2 Å². The molecule has 1 aromatic heterocycles. The second-order valence-corrected chi connectivity index (χ2v) is 6.98. The highest BCUT2D eigenvalue weighted by Crippen LogP contribution is 2.34. The third-order valence-corrected chi connectivity index (χ3v) is 5.25. The molecule has 0 bridgehead atoms. The highest BCUT2D eigenvalue weighted by molar-refractivity contribution is 5.93. The Morgan fingerprint density at radius 3 is 2.92 bits per heavy atom. The molecule has 1 fully saturated rings. The number of hydrogen-bond donors (Lipinski definition) is 3. The van der Waals surface area contributed by atoms with Crippen LogP contribution >= 0.6 is 0 Å². The number of H-pyrrole nitrogens is 1. The molecule has 0 aliphatic heterocycles. The zero-order valence-electron chi connectivity index (χ0n) is 14.6. The van der Waals surface area contributed by atoms with Crippen LogP contribution in [0.4, 0.5) is 0 Å². The van der Waals surface area contributed by atoms with Gasteiger partial charge in [-0.05, 0) is 37.5 Å². The number of aromatic amines is 1. The van der Waals surface area contributed by atoms with Crippen molar-refractivity contribution in [3.63, 3.8) is 0 Å².